The Hall–Kier alpha value is -3.19. The van der Waals surface area contributed by atoms with Crippen molar-refractivity contribution in [2.75, 3.05) is 31.1 Å². The molecule has 27 heavy (non-hydrogen) atoms. The Morgan fingerprint density at radius 2 is 1.81 bits per heavy atom. The summed E-state index contributed by atoms with van der Waals surface area (Å²) in [6.07, 6.45) is 5.42. The summed E-state index contributed by atoms with van der Waals surface area (Å²) >= 11 is 0. The van der Waals surface area contributed by atoms with Crippen LogP contribution in [0, 0.1) is 0 Å². The Bertz CT molecular complexity index is 1030. The zero-order chi connectivity index (χ0) is 18.1. The van der Waals surface area contributed by atoms with Crippen LogP contribution >= 0.6 is 0 Å². The van der Waals surface area contributed by atoms with Gasteiger partial charge >= 0.3 is 0 Å². The Morgan fingerprint density at radius 1 is 0.963 bits per heavy atom. The van der Waals surface area contributed by atoms with Gasteiger partial charge in [0.25, 0.3) is 0 Å². The summed E-state index contributed by atoms with van der Waals surface area (Å²) < 4.78 is 7.47. The van der Waals surface area contributed by atoms with E-state index < -0.39 is 0 Å². The standard InChI is InChI=1S/C20H20N6O/c1-2-4-16(5-3-1)20-22-17(15-27-20)14-24-10-12-25(13-11-24)19-7-6-18-21-8-9-26(18)23-19/h1-9,15H,10-14H2. The summed E-state index contributed by atoms with van der Waals surface area (Å²) in [4.78, 5) is 13.6. The summed E-state index contributed by atoms with van der Waals surface area (Å²) in [6.45, 7) is 4.62. The van der Waals surface area contributed by atoms with Gasteiger partial charge in [-0.3, -0.25) is 4.90 Å². The number of aromatic nitrogens is 4. The van der Waals surface area contributed by atoms with E-state index in [0.717, 1.165) is 55.4 Å². The summed E-state index contributed by atoms with van der Waals surface area (Å²) in [5, 5.41) is 4.64. The average molecular weight is 360 g/mol. The molecule has 0 saturated carbocycles. The highest BCUT2D eigenvalue weighted by Gasteiger charge is 2.20. The molecule has 0 radical (unpaired) electrons. The Labute approximate surface area is 156 Å². The maximum absolute atomic E-state index is 5.65. The van der Waals surface area contributed by atoms with E-state index in [0.29, 0.717) is 5.89 Å². The summed E-state index contributed by atoms with van der Waals surface area (Å²) in [7, 11) is 0. The average Bonchev–Trinajstić information content (AvgIpc) is 3.38. The maximum Gasteiger partial charge on any atom is 0.226 e. The maximum atomic E-state index is 5.65. The molecule has 3 aromatic heterocycles. The molecular formula is C20H20N6O. The number of fused-ring (bicyclic) bond motifs is 1. The molecule has 7 heteroatoms. The van der Waals surface area contributed by atoms with Gasteiger partial charge in [0.05, 0.1) is 5.69 Å². The van der Waals surface area contributed by atoms with E-state index in [4.69, 9.17) is 4.42 Å². The van der Waals surface area contributed by atoms with Gasteiger partial charge in [0.1, 0.15) is 12.1 Å². The van der Waals surface area contributed by atoms with Crippen LogP contribution in [0.3, 0.4) is 0 Å². The van der Waals surface area contributed by atoms with E-state index in [9.17, 15) is 0 Å². The number of hydrogen-bond acceptors (Lipinski definition) is 6. The monoisotopic (exact) mass is 360 g/mol. The molecule has 136 valence electrons. The molecule has 4 heterocycles. The third kappa shape index (κ3) is 3.29. The molecule has 4 aromatic rings. The Balaban J connectivity index is 1.21. The quantitative estimate of drug-likeness (QED) is 0.558. The first kappa shape index (κ1) is 16.0. The van der Waals surface area contributed by atoms with Crippen molar-refractivity contribution >= 4 is 11.5 Å². The fraction of sp³-hybridized carbons (Fsp3) is 0.250. The molecule has 1 fully saturated rings. The molecule has 0 N–H and O–H groups in total. The lowest BCUT2D eigenvalue weighted by molar-refractivity contribution is 0.246. The summed E-state index contributed by atoms with van der Waals surface area (Å²) in [6, 6.07) is 14.1. The molecule has 0 amide bonds. The van der Waals surface area contributed by atoms with Crippen molar-refractivity contribution in [3.8, 4) is 11.5 Å². The van der Waals surface area contributed by atoms with Crippen LogP contribution in [-0.4, -0.2) is 50.7 Å². The van der Waals surface area contributed by atoms with Gasteiger partial charge in [0.2, 0.25) is 5.89 Å². The molecule has 1 aliphatic rings. The van der Waals surface area contributed by atoms with Crippen LogP contribution in [0.2, 0.25) is 0 Å². The second-order valence-electron chi connectivity index (χ2n) is 6.69. The zero-order valence-electron chi connectivity index (χ0n) is 14.9. The molecule has 1 saturated heterocycles. The third-order valence-electron chi connectivity index (χ3n) is 4.90. The lowest BCUT2D eigenvalue weighted by Crippen LogP contribution is -2.46. The molecule has 0 aliphatic carbocycles. The van der Waals surface area contributed by atoms with Crippen LogP contribution in [0.25, 0.3) is 17.1 Å². The molecular weight excluding hydrogens is 340 g/mol. The van der Waals surface area contributed by atoms with Gasteiger partial charge in [-0.15, -0.1) is 5.10 Å². The Kier molecular flexibility index (Phi) is 4.06. The van der Waals surface area contributed by atoms with E-state index in [1.54, 1.807) is 12.5 Å². The molecule has 0 spiro atoms. The second kappa shape index (κ2) is 6.85. The van der Waals surface area contributed by atoms with Crippen molar-refractivity contribution in [3.63, 3.8) is 0 Å². The van der Waals surface area contributed by atoms with Crippen molar-refractivity contribution in [1.82, 2.24) is 24.5 Å². The third-order valence-corrected chi connectivity index (χ3v) is 4.90. The topological polar surface area (TPSA) is 62.7 Å². The Morgan fingerprint density at radius 3 is 2.67 bits per heavy atom. The minimum absolute atomic E-state index is 0.682. The molecule has 0 bridgehead atoms. The first-order valence-corrected chi connectivity index (χ1v) is 9.13. The number of benzene rings is 1. The van der Waals surface area contributed by atoms with Gasteiger partial charge in [-0.25, -0.2) is 14.5 Å². The minimum atomic E-state index is 0.682. The van der Waals surface area contributed by atoms with Gasteiger partial charge in [-0.05, 0) is 24.3 Å². The number of nitrogens with zero attached hydrogens (tertiary/aromatic N) is 6. The van der Waals surface area contributed by atoms with Crippen LogP contribution in [0.5, 0.6) is 0 Å². The lowest BCUT2D eigenvalue weighted by atomic mass is 10.2. The number of imidazole rings is 1. The lowest BCUT2D eigenvalue weighted by Gasteiger charge is -2.34. The van der Waals surface area contributed by atoms with Crippen molar-refractivity contribution in [2.24, 2.45) is 0 Å². The van der Waals surface area contributed by atoms with Gasteiger partial charge in [-0.2, -0.15) is 0 Å². The number of hydrogen-bond donors (Lipinski definition) is 0. The summed E-state index contributed by atoms with van der Waals surface area (Å²) in [5.41, 5.74) is 2.85. The highest BCUT2D eigenvalue weighted by molar-refractivity contribution is 5.52. The van der Waals surface area contributed by atoms with Crippen molar-refractivity contribution < 1.29 is 4.42 Å². The molecule has 1 aromatic carbocycles. The van der Waals surface area contributed by atoms with Gasteiger partial charge in [0, 0.05) is 50.7 Å². The van der Waals surface area contributed by atoms with Crippen LogP contribution in [0.4, 0.5) is 5.82 Å². The minimum Gasteiger partial charge on any atom is -0.444 e. The molecule has 0 unspecified atom stereocenters. The van der Waals surface area contributed by atoms with E-state index in [1.165, 1.54) is 0 Å². The highest BCUT2D eigenvalue weighted by atomic mass is 16.3. The second-order valence-corrected chi connectivity index (χ2v) is 6.69. The number of rotatable bonds is 4. The number of piperazine rings is 1. The molecule has 1 aliphatic heterocycles. The normalized spacial score (nSPS) is 15.5. The summed E-state index contributed by atoms with van der Waals surface area (Å²) in [5.74, 6) is 1.68. The SMILES string of the molecule is c1ccc(-c2nc(CN3CCN(c4ccc5nccn5n4)CC3)co2)cc1. The van der Waals surface area contributed by atoms with Crippen LogP contribution < -0.4 is 4.90 Å². The highest BCUT2D eigenvalue weighted by Crippen LogP contribution is 2.20. The molecule has 7 nitrogen and oxygen atoms in total. The molecule has 0 atom stereocenters. The largest absolute Gasteiger partial charge is 0.444 e. The van der Waals surface area contributed by atoms with Crippen LogP contribution in [0.15, 0.2) is 65.5 Å². The van der Waals surface area contributed by atoms with Crippen molar-refractivity contribution in [1.29, 1.82) is 0 Å². The van der Waals surface area contributed by atoms with Gasteiger partial charge in [-0.1, -0.05) is 18.2 Å². The molecule has 5 rings (SSSR count). The van der Waals surface area contributed by atoms with E-state index >= 15 is 0 Å². The van der Waals surface area contributed by atoms with E-state index in [-0.39, 0.29) is 0 Å². The van der Waals surface area contributed by atoms with Crippen molar-refractivity contribution in [3.05, 3.63) is 66.8 Å². The van der Waals surface area contributed by atoms with Crippen LogP contribution in [-0.2, 0) is 6.54 Å². The van der Waals surface area contributed by atoms with Gasteiger partial charge in [0.15, 0.2) is 5.65 Å². The zero-order valence-corrected chi connectivity index (χ0v) is 14.9. The van der Waals surface area contributed by atoms with E-state index in [1.807, 2.05) is 53.2 Å². The fourth-order valence-electron chi connectivity index (χ4n) is 3.43. The predicted octanol–water partition coefficient (Wildman–Crippen LogP) is 2.71. The van der Waals surface area contributed by atoms with Crippen molar-refractivity contribution in [2.45, 2.75) is 6.54 Å². The van der Waals surface area contributed by atoms with Crippen LogP contribution in [0.1, 0.15) is 5.69 Å². The number of anilines is 1. The number of oxazole rings is 1. The smallest absolute Gasteiger partial charge is 0.226 e. The fourth-order valence-corrected chi connectivity index (χ4v) is 3.43. The first-order chi connectivity index (χ1) is 13.3. The predicted molar refractivity (Wildman–Crippen MR) is 102 cm³/mol. The van der Waals surface area contributed by atoms with Gasteiger partial charge < -0.3 is 9.32 Å². The first-order valence-electron chi connectivity index (χ1n) is 9.13. The van der Waals surface area contributed by atoms with E-state index in [2.05, 4.69) is 24.9 Å².